The number of ether oxygens (including phenoxy) is 1. The maximum absolute atomic E-state index is 11.6. The quantitative estimate of drug-likeness (QED) is 0.817. The Labute approximate surface area is 115 Å². The Morgan fingerprint density at radius 1 is 1.26 bits per heavy atom. The predicted molar refractivity (Wildman–Crippen MR) is 74.9 cm³/mol. The predicted octanol–water partition coefficient (Wildman–Crippen LogP) is 1.39. The molecular formula is C16H24NO2+. The summed E-state index contributed by atoms with van der Waals surface area (Å²) in [4.78, 5) is 13.1. The van der Waals surface area contributed by atoms with Gasteiger partial charge in [0.05, 0.1) is 25.6 Å². The highest BCUT2D eigenvalue weighted by Gasteiger charge is 2.54. The van der Waals surface area contributed by atoms with Gasteiger partial charge < -0.3 is 9.64 Å². The van der Waals surface area contributed by atoms with Crippen molar-refractivity contribution in [2.24, 2.45) is 5.41 Å². The number of likely N-dealkylation sites (tertiary alicyclic amines) is 1. The average Bonchev–Trinajstić information content (AvgIpc) is 2.33. The number of benzene rings is 1. The van der Waals surface area contributed by atoms with E-state index in [0.29, 0.717) is 0 Å². The Bertz CT molecular complexity index is 455. The van der Waals surface area contributed by atoms with Crippen LogP contribution in [0.25, 0.3) is 0 Å². The van der Waals surface area contributed by atoms with Crippen molar-refractivity contribution >= 4 is 5.97 Å². The maximum Gasteiger partial charge on any atom is 0.303 e. The van der Waals surface area contributed by atoms with Crippen LogP contribution in [-0.2, 0) is 15.1 Å². The van der Waals surface area contributed by atoms with Crippen LogP contribution < -0.4 is 4.90 Å². The van der Waals surface area contributed by atoms with E-state index in [0.717, 1.165) is 25.1 Å². The molecule has 3 heteroatoms. The second-order valence-corrected chi connectivity index (χ2v) is 6.30. The molecule has 0 amide bonds. The topological polar surface area (TPSA) is 30.7 Å². The number of hydrogen-bond acceptors (Lipinski definition) is 2. The molecule has 2 rings (SSSR count). The van der Waals surface area contributed by atoms with Crippen molar-refractivity contribution in [2.45, 2.75) is 32.8 Å². The van der Waals surface area contributed by atoms with Gasteiger partial charge in [-0.2, -0.15) is 0 Å². The Hall–Kier alpha value is -1.35. The number of quaternary nitrogens is 1. The molecule has 1 unspecified atom stereocenters. The molecule has 1 fully saturated rings. The molecule has 1 N–H and O–H groups in total. The molecule has 1 aliphatic heterocycles. The van der Waals surface area contributed by atoms with Gasteiger partial charge in [-0.05, 0) is 5.56 Å². The molecule has 1 aromatic rings. The Balaban J connectivity index is 2.49. The molecule has 1 heterocycles. The van der Waals surface area contributed by atoms with E-state index in [1.165, 1.54) is 11.8 Å². The van der Waals surface area contributed by atoms with Gasteiger partial charge in [-0.1, -0.05) is 44.2 Å². The number of esters is 1. The lowest BCUT2D eigenvalue weighted by Crippen LogP contribution is -3.12. The SMILES string of the molecule is CC(=O)O[C@@]1(c2ccccc2)CC[NH+](C)CC1(C)C. The van der Waals surface area contributed by atoms with Crippen LogP contribution in [0, 0.1) is 5.41 Å². The van der Waals surface area contributed by atoms with Gasteiger partial charge in [0.1, 0.15) is 0 Å². The summed E-state index contributed by atoms with van der Waals surface area (Å²) in [6.07, 6.45) is 0.870. The van der Waals surface area contributed by atoms with Gasteiger partial charge in [0.15, 0.2) is 5.60 Å². The van der Waals surface area contributed by atoms with Crippen molar-refractivity contribution in [1.82, 2.24) is 0 Å². The van der Waals surface area contributed by atoms with E-state index < -0.39 is 5.60 Å². The first-order valence-electron chi connectivity index (χ1n) is 6.94. The fourth-order valence-electron chi connectivity index (χ4n) is 3.45. The van der Waals surface area contributed by atoms with Gasteiger partial charge in [0, 0.05) is 13.3 Å². The van der Waals surface area contributed by atoms with Crippen LogP contribution in [0.3, 0.4) is 0 Å². The number of piperidine rings is 1. The number of carbonyl (C=O) groups is 1. The van der Waals surface area contributed by atoms with E-state index in [-0.39, 0.29) is 11.4 Å². The van der Waals surface area contributed by atoms with Crippen LogP contribution in [0.15, 0.2) is 30.3 Å². The minimum atomic E-state index is -0.500. The monoisotopic (exact) mass is 262 g/mol. The fourth-order valence-corrected chi connectivity index (χ4v) is 3.45. The lowest BCUT2D eigenvalue weighted by atomic mass is 9.66. The Kier molecular flexibility index (Phi) is 3.68. The molecule has 0 spiro atoms. The highest BCUT2D eigenvalue weighted by atomic mass is 16.6. The number of nitrogens with one attached hydrogen (secondary N) is 1. The number of carbonyl (C=O) groups excluding carboxylic acids is 1. The summed E-state index contributed by atoms with van der Waals surface area (Å²) in [5.41, 5.74) is 0.532. The van der Waals surface area contributed by atoms with Crippen molar-refractivity contribution in [1.29, 1.82) is 0 Å². The first kappa shape index (κ1) is 14.1. The molecule has 1 aromatic carbocycles. The van der Waals surface area contributed by atoms with Crippen LogP contribution in [-0.4, -0.2) is 26.1 Å². The molecular weight excluding hydrogens is 238 g/mol. The second kappa shape index (κ2) is 4.97. The lowest BCUT2D eigenvalue weighted by Gasteiger charge is -2.49. The van der Waals surface area contributed by atoms with Crippen molar-refractivity contribution in [3.63, 3.8) is 0 Å². The zero-order valence-corrected chi connectivity index (χ0v) is 12.3. The fraction of sp³-hybridized carbons (Fsp3) is 0.562. The molecule has 0 saturated carbocycles. The van der Waals surface area contributed by atoms with Crippen molar-refractivity contribution in [3.8, 4) is 0 Å². The summed E-state index contributed by atoms with van der Waals surface area (Å²) >= 11 is 0. The smallest absolute Gasteiger partial charge is 0.303 e. The molecule has 104 valence electrons. The summed E-state index contributed by atoms with van der Waals surface area (Å²) < 4.78 is 5.88. The zero-order chi connectivity index (χ0) is 14.1. The molecule has 0 bridgehead atoms. The third-order valence-electron chi connectivity index (χ3n) is 4.30. The van der Waals surface area contributed by atoms with E-state index in [1.807, 2.05) is 18.2 Å². The second-order valence-electron chi connectivity index (χ2n) is 6.30. The lowest BCUT2D eigenvalue weighted by molar-refractivity contribution is -0.896. The first-order chi connectivity index (χ1) is 8.87. The van der Waals surface area contributed by atoms with Crippen LogP contribution >= 0.6 is 0 Å². The summed E-state index contributed by atoms with van der Waals surface area (Å²) in [6.45, 7) is 7.92. The van der Waals surface area contributed by atoms with Gasteiger partial charge in [0.2, 0.25) is 0 Å². The van der Waals surface area contributed by atoms with Crippen LogP contribution in [0.2, 0.25) is 0 Å². The third-order valence-corrected chi connectivity index (χ3v) is 4.30. The summed E-state index contributed by atoms with van der Waals surface area (Å²) in [5.74, 6) is -0.198. The zero-order valence-electron chi connectivity index (χ0n) is 12.3. The molecule has 0 aromatic heterocycles. The summed E-state index contributed by atoms with van der Waals surface area (Å²) in [6, 6.07) is 10.2. The highest BCUT2D eigenvalue weighted by molar-refractivity contribution is 5.67. The highest BCUT2D eigenvalue weighted by Crippen LogP contribution is 2.46. The van der Waals surface area contributed by atoms with Crippen molar-refractivity contribution in [2.75, 3.05) is 20.1 Å². The molecule has 0 radical (unpaired) electrons. The summed E-state index contributed by atoms with van der Waals surface area (Å²) in [5, 5.41) is 0. The Morgan fingerprint density at radius 3 is 2.42 bits per heavy atom. The van der Waals surface area contributed by atoms with Crippen LogP contribution in [0.5, 0.6) is 0 Å². The molecule has 1 saturated heterocycles. The molecule has 19 heavy (non-hydrogen) atoms. The third kappa shape index (κ3) is 2.52. The maximum atomic E-state index is 11.6. The van der Waals surface area contributed by atoms with Crippen LogP contribution in [0.1, 0.15) is 32.8 Å². The molecule has 2 atom stereocenters. The largest absolute Gasteiger partial charge is 0.453 e. The number of rotatable bonds is 2. The summed E-state index contributed by atoms with van der Waals surface area (Å²) in [7, 11) is 2.20. The number of hydrogen-bond donors (Lipinski definition) is 1. The van der Waals surface area contributed by atoms with Crippen molar-refractivity contribution < 1.29 is 14.4 Å². The van der Waals surface area contributed by atoms with E-state index in [2.05, 4.69) is 33.0 Å². The van der Waals surface area contributed by atoms with Crippen molar-refractivity contribution in [3.05, 3.63) is 35.9 Å². The van der Waals surface area contributed by atoms with Gasteiger partial charge >= 0.3 is 5.97 Å². The average molecular weight is 262 g/mol. The first-order valence-corrected chi connectivity index (χ1v) is 6.94. The molecule has 0 aliphatic carbocycles. The van der Waals surface area contributed by atoms with E-state index in [4.69, 9.17) is 4.74 Å². The van der Waals surface area contributed by atoms with Crippen LogP contribution in [0.4, 0.5) is 0 Å². The van der Waals surface area contributed by atoms with E-state index in [9.17, 15) is 4.79 Å². The molecule has 3 nitrogen and oxygen atoms in total. The van der Waals surface area contributed by atoms with Gasteiger partial charge in [-0.15, -0.1) is 0 Å². The van der Waals surface area contributed by atoms with Gasteiger partial charge in [-0.25, -0.2) is 0 Å². The normalized spacial score (nSPS) is 29.8. The standard InChI is InChI=1S/C16H23NO2/c1-13(18)19-16(14-8-6-5-7-9-14)10-11-17(4)12-15(16,2)3/h5-9H,10-12H2,1-4H3/p+1/t16-/m1/s1. The van der Waals surface area contributed by atoms with Gasteiger partial charge in [-0.3, -0.25) is 4.79 Å². The Morgan fingerprint density at radius 2 is 1.89 bits per heavy atom. The van der Waals surface area contributed by atoms with E-state index >= 15 is 0 Å². The minimum absolute atomic E-state index is 0.0810. The minimum Gasteiger partial charge on any atom is -0.453 e. The van der Waals surface area contributed by atoms with E-state index in [1.54, 1.807) is 0 Å². The van der Waals surface area contributed by atoms with Gasteiger partial charge in [0.25, 0.3) is 0 Å². The molecule has 1 aliphatic rings.